The first kappa shape index (κ1) is 15.1. The minimum Gasteiger partial charge on any atom is -0.355 e. The zero-order valence-electron chi connectivity index (χ0n) is 11.7. The van der Waals surface area contributed by atoms with Crippen molar-refractivity contribution in [2.75, 3.05) is 12.4 Å². The van der Waals surface area contributed by atoms with Gasteiger partial charge in [0.25, 0.3) is 11.8 Å². The molecule has 0 aromatic heterocycles. The van der Waals surface area contributed by atoms with Crippen LogP contribution in [0.3, 0.4) is 0 Å². The molecule has 0 unspecified atom stereocenters. The first-order chi connectivity index (χ1) is 10.0. The van der Waals surface area contributed by atoms with E-state index in [1.807, 2.05) is 6.92 Å². The number of carbonyl (C=O) groups excluding carboxylic acids is 2. The van der Waals surface area contributed by atoms with Gasteiger partial charge in [-0.25, -0.2) is 0 Å². The Morgan fingerprint density at radius 2 is 1.76 bits per heavy atom. The first-order valence-electron chi connectivity index (χ1n) is 6.41. The van der Waals surface area contributed by atoms with Crippen molar-refractivity contribution in [1.29, 1.82) is 0 Å². The lowest BCUT2D eigenvalue weighted by Gasteiger charge is -2.10. The molecule has 0 radical (unpaired) electrons. The number of rotatable bonds is 3. The van der Waals surface area contributed by atoms with E-state index in [9.17, 15) is 9.59 Å². The summed E-state index contributed by atoms with van der Waals surface area (Å²) in [6.45, 7) is 1.83. The molecule has 5 heteroatoms. The molecule has 0 aliphatic heterocycles. The number of aryl methyl sites for hydroxylation is 1. The van der Waals surface area contributed by atoms with Gasteiger partial charge in [0.15, 0.2) is 0 Å². The molecule has 2 amide bonds. The second-order valence-electron chi connectivity index (χ2n) is 4.54. The number of benzene rings is 2. The van der Waals surface area contributed by atoms with Crippen LogP contribution in [0, 0.1) is 6.92 Å². The van der Waals surface area contributed by atoms with E-state index in [2.05, 4.69) is 10.6 Å². The van der Waals surface area contributed by atoms with E-state index < -0.39 is 0 Å². The number of anilines is 1. The van der Waals surface area contributed by atoms with Gasteiger partial charge < -0.3 is 10.6 Å². The molecule has 4 nitrogen and oxygen atoms in total. The normalized spacial score (nSPS) is 10.0. The van der Waals surface area contributed by atoms with Crippen LogP contribution in [-0.4, -0.2) is 18.9 Å². The van der Waals surface area contributed by atoms with Crippen LogP contribution in [0.2, 0.25) is 5.02 Å². The van der Waals surface area contributed by atoms with Crippen molar-refractivity contribution < 1.29 is 9.59 Å². The average molecular weight is 303 g/mol. The molecule has 2 aromatic carbocycles. The van der Waals surface area contributed by atoms with Gasteiger partial charge in [0.2, 0.25) is 0 Å². The Hall–Kier alpha value is -2.33. The summed E-state index contributed by atoms with van der Waals surface area (Å²) in [5.41, 5.74) is 2.41. The van der Waals surface area contributed by atoms with Crippen LogP contribution in [0.5, 0.6) is 0 Å². The van der Waals surface area contributed by atoms with Crippen molar-refractivity contribution in [2.45, 2.75) is 6.92 Å². The van der Waals surface area contributed by atoms with Crippen LogP contribution >= 0.6 is 11.6 Å². The van der Waals surface area contributed by atoms with Gasteiger partial charge in [-0.1, -0.05) is 23.7 Å². The molecule has 0 saturated carbocycles. The highest BCUT2D eigenvalue weighted by molar-refractivity contribution is 6.34. The Kier molecular flexibility index (Phi) is 4.60. The molecule has 0 aliphatic rings. The largest absolute Gasteiger partial charge is 0.355 e. The predicted octanol–water partition coefficient (Wildman–Crippen LogP) is 3.26. The van der Waals surface area contributed by atoms with Gasteiger partial charge in [-0.05, 0) is 42.8 Å². The molecule has 2 aromatic rings. The summed E-state index contributed by atoms with van der Waals surface area (Å²) in [4.78, 5) is 23.7. The molecular formula is C16H15ClN2O2. The van der Waals surface area contributed by atoms with Crippen molar-refractivity contribution in [2.24, 2.45) is 0 Å². The maximum absolute atomic E-state index is 12.2. The lowest BCUT2D eigenvalue weighted by atomic mass is 10.1. The van der Waals surface area contributed by atoms with Crippen molar-refractivity contribution in [3.8, 4) is 0 Å². The number of amides is 2. The van der Waals surface area contributed by atoms with Crippen LogP contribution < -0.4 is 10.6 Å². The number of hydrogen-bond acceptors (Lipinski definition) is 2. The summed E-state index contributed by atoms with van der Waals surface area (Å²) in [5.74, 6) is -0.446. The van der Waals surface area contributed by atoms with E-state index in [0.717, 1.165) is 5.56 Å². The van der Waals surface area contributed by atoms with Gasteiger partial charge >= 0.3 is 0 Å². The maximum Gasteiger partial charge on any atom is 0.257 e. The molecular weight excluding hydrogens is 288 g/mol. The Bertz CT molecular complexity index is 698. The third kappa shape index (κ3) is 3.41. The molecule has 0 heterocycles. The monoisotopic (exact) mass is 302 g/mol. The first-order valence-corrected chi connectivity index (χ1v) is 6.79. The molecule has 21 heavy (non-hydrogen) atoms. The van der Waals surface area contributed by atoms with E-state index in [1.165, 1.54) is 0 Å². The number of carbonyl (C=O) groups is 2. The fraction of sp³-hybridized carbons (Fsp3) is 0.125. The van der Waals surface area contributed by atoms with Crippen molar-refractivity contribution in [1.82, 2.24) is 5.32 Å². The standard InChI is InChI=1S/C16H15ClN2O2/c1-10-9-11(15(20)18-2)7-8-14(10)19-16(21)12-5-3-4-6-13(12)17/h3-9H,1-2H3,(H,18,20)(H,19,21). The highest BCUT2D eigenvalue weighted by Crippen LogP contribution is 2.20. The zero-order valence-corrected chi connectivity index (χ0v) is 12.5. The van der Waals surface area contributed by atoms with E-state index in [1.54, 1.807) is 49.5 Å². The molecule has 0 saturated heterocycles. The van der Waals surface area contributed by atoms with Crippen LogP contribution in [0.15, 0.2) is 42.5 Å². The second kappa shape index (κ2) is 6.41. The highest BCUT2D eigenvalue weighted by Gasteiger charge is 2.12. The fourth-order valence-corrected chi connectivity index (χ4v) is 2.15. The third-order valence-electron chi connectivity index (χ3n) is 3.08. The maximum atomic E-state index is 12.2. The van der Waals surface area contributed by atoms with E-state index >= 15 is 0 Å². The minimum atomic E-state index is -0.281. The average Bonchev–Trinajstić information content (AvgIpc) is 2.48. The van der Waals surface area contributed by atoms with Crippen molar-refractivity contribution in [3.63, 3.8) is 0 Å². The SMILES string of the molecule is CNC(=O)c1ccc(NC(=O)c2ccccc2Cl)c(C)c1. The van der Waals surface area contributed by atoms with Crippen LogP contribution in [-0.2, 0) is 0 Å². The zero-order chi connectivity index (χ0) is 15.4. The minimum absolute atomic E-state index is 0.165. The molecule has 0 fully saturated rings. The quantitative estimate of drug-likeness (QED) is 0.914. The van der Waals surface area contributed by atoms with Gasteiger partial charge in [0.1, 0.15) is 0 Å². The Balaban J connectivity index is 2.22. The lowest BCUT2D eigenvalue weighted by molar-refractivity contribution is 0.0962. The topological polar surface area (TPSA) is 58.2 Å². The number of hydrogen-bond donors (Lipinski definition) is 2. The summed E-state index contributed by atoms with van der Waals surface area (Å²) in [6.07, 6.45) is 0. The Morgan fingerprint density at radius 3 is 2.38 bits per heavy atom. The summed E-state index contributed by atoms with van der Waals surface area (Å²) in [5, 5.41) is 5.75. The fourth-order valence-electron chi connectivity index (χ4n) is 1.92. The van der Waals surface area contributed by atoms with Gasteiger partial charge in [-0.2, -0.15) is 0 Å². The van der Waals surface area contributed by atoms with Gasteiger partial charge in [-0.15, -0.1) is 0 Å². The summed E-state index contributed by atoms with van der Waals surface area (Å²) < 4.78 is 0. The van der Waals surface area contributed by atoms with Crippen LogP contribution in [0.4, 0.5) is 5.69 Å². The molecule has 0 aliphatic carbocycles. The predicted molar refractivity (Wildman–Crippen MR) is 84.0 cm³/mol. The highest BCUT2D eigenvalue weighted by atomic mass is 35.5. The Morgan fingerprint density at radius 1 is 1.05 bits per heavy atom. The lowest BCUT2D eigenvalue weighted by Crippen LogP contribution is -2.18. The van der Waals surface area contributed by atoms with Crippen molar-refractivity contribution in [3.05, 3.63) is 64.2 Å². The molecule has 108 valence electrons. The van der Waals surface area contributed by atoms with Crippen molar-refractivity contribution >= 4 is 29.1 Å². The summed E-state index contributed by atoms with van der Waals surface area (Å²) >= 11 is 6.00. The Labute approximate surface area is 128 Å². The van der Waals surface area contributed by atoms with Gasteiger partial charge in [0, 0.05) is 18.3 Å². The molecule has 0 spiro atoms. The van der Waals surface area contributed by atoms with Gasteiger partial charge in [-0.3, -0.25) is 9.59 Å². The summed E-state index contributed by atoms with van der Waals surface area (Å²) in [6, 6.07) is 11.9. The number of nitrogens with one attached hydrogen (secondary N) is 2. The van der Waals surface area contributed by atoms with Crippen LogP contribution in [0.1, 0.15) is 26.3 Å². The second-order valence-corrected chi connectivity index (χ2v) is 4.95. The van der Waals surface area contributed by atoms with E-state index in [0.29, 0.717) is 21.8 Å². The van der Waals surface area contributed by atoms with Crippen LogP contribution in [0.25, 0.3) is 0 Å². The molecule has 2 rings (SSSR count). The van der Waals surface area contributed by atoms with E-state index in [-0.39, 0.29) is 11.8 Å². The summed E-state index contributed by atoms with van der Waals surface area (Å²) in [7, 11) is 1.57. The molecule has 0 atom stereocenters. The third-order valence-corrected chi connectivity index (χ3v) is 3.41. The molecule has 2 N–H and O–H groups in total. The smallest absolute Gasteiger partial charge is 0.257 e. The molecule has 0 bridgehead atoms. The van der Waals surface area contributed by atoms with E-state index in [4.69, 9.17) is 11.6 Å². The number of halogens is 1. The van der Waals surface area contributed by atoms with Gasteiger partial charge in [0.05, 0.1) is 10.6 Å².